The molecule has 0 spiro atoms. The number of amides is 1. The second-order valence-electron chi connectivity index (χ2n) is 5.47. The summed E-state index contributed by atoms with van der Waals surface area (Å²) in [6.45, 7) is 11.1. The highest BCUT2D eigenvalue weighted by Crippen LogP contribution is 2.16. The molecule has 0 unspecified atom stereocenters. The van der Waals surface area contributed by atoms with Gasteiger partial charge in [0.2, 0.25) is 5.91 Å². The summed E-state index contributed by atoms with van der Waals surface area (Å²) in [7, 11) is 2.11. The van der Waals surface area contributed by atoms with Crippen LogP contribution in [-0.4, -0.2) is 61.0 Å². The van der Waals surface area contributed by atoms with Crippen molar-refractivity contribution in [1.29, 1.82) is 0 Å². The van der Waals surface area contributed by atoms with Crippen LogP contribution in [0.15, 0.2) is 0 Å². The first-order chi connectivity index (χ1) is 7.97. The molecule has 0 aliphatic carbocycles. The van der Waals surface area contributed by atoms with Gasteiger partial charge in [-0.05, 0) is 27.3 Å². The van der Waals surface area contributed by atoms with Crippen LogP contribution in [-0.2, 0) is 4.79 Å². The minimum absolute atomic E-state index is 0.184. The number of carbonyl (C=O) groups excluding carboxylic acids is 1. The van der Waals surface area contributed by atoms with Crippen LogP contribution >= 0.6 is 0 Å². The number of piperazine rings is 1. The summed E-state index contributed by atoms with van der Waals surface area (Å²) in [5.41, 5.74) is 0.184. The number of nitrogens with one attached hydrogen (secondary N) is 1. The number of rotatable bonds is 5. The Morgan fingerprint density at radius 3 is 2.47 bits per heavy atom. The van der Waals surface area contributed by atoms with Crippen molar-refractivity contribution in [3.63, 3.8) is 0 Å². The van der Waals surface area contributed by atoms with Crippen molar-refractivity contribution in [2.24, 2.45) is 0 Å². The highest BCUT2D eigenvalue weighted by molar-refractivity contribution is 5.76. The van der Waals surface area contributed by atoms with Gasteiger partial charge in [-0.1, -0.05) is 6.92 Å². The Balaban J connectivity index is 2.32. The Bertz CT molecular complexity index is 247. The lowest BCUT2D eigenvalue weighted by molar-refractivity contribution is -0.132. The second kappa shape index (κ2) is 6.36. The summed E-state index contributed by atoms with van der Waals surface area (Å²) in [6.07, 6.45) is 1.74. The number of carbonyl (C=O) groups is 1. The summed E-state index contributed by atoms with van der Waals surface area (Å²) in [5, 5.41) is 3.26. The highest BCUT2D eigenvalue weighted by Gasteiger charge is 2.22. The number of hydrogen-bond acceptors (Lipinski definition) is 3. The first kappa shape index (κ1) is 14.5. The standard InChI is InChI=1S/C13H27N3O/c1-5-13(2,3)15(4)9-6-12(17)16-10-7-14-8-11-16/h14H,5-11H2,1-4H3. The molecule has 0 atom stereocenters. The van der Waals surface area contributed by atoms with E-state index in [0.717, 1.165) is 39.1 Å². The first-order valence-electron chi connectivity index (χ1n) is 6.67. The molecule has 4 heteroatoms. The highest BCUT2D eigenvalue weighted by atomic mass is 16.2. The van der Waals surface area contributed by atoms with Crippen molar-refractivity contribution in [1.82, 2.24) is 15.1 Å². The zero-order chi connectivity index (χ0) is 12.9. The molecule has 0 aromatic carbocycles. The summed E-state index contributed by atoms with van der Waals surface area (Å²) in [5.74, 6) is 0.297. The fourth-order valence-corrected chi connectivity index (χ4v) is 1.91. The number of hydrogen-bond donors (Lipinski definition) is 1. The summed E-state index contributed by atoms with van der Waals surface area (Å²) >= 11 is 0. The molecule has 100 valence electrons. The van der Waals surface area contributed by atoms with Crippen LogP contribution in [0.5, 0.6) is 0 Å². The summed E-state index contributed by atoms with van der Waals surface area (Å²) in [6, 6.07) is 0. The maximum Gasteiger partial charge on any atom is 0.223 e. The molecule has 0 bridgehead atoms. The maximum absolute atomic E-state index is 12.0. The van der Waals surface area contributed by atoms with E-state index in [0.29, 0.717) is 12.3 Å². The predicted octanol–water partition coefficient (Wildman–Crippen LogP) is 0.929. The van der Waals surface area contributed by atoms with E-state index in [1.807, 2.05) is 4.90 Å². The Kier molecular flexibility index (Phi) is 5.40. The van der Waals surface area contributed by atoms with E-state index in [4.69, 9.17) is 0 Å². The predicted molar refractivity (Wildman–Crippen MR) is 71.1 cm³/mol. The third-order valence-corrected chi connectivity index (χ3v) is 4.03. The van der Waals surface area contributed by atoms with E-state index in [1.165, 1.54) is 0 Å². The van der Waals surface area contributed by atoms with Crippen molar-refractivity contribution in [3.05, 3.63) is 0 Å². The summed E-state index contributed by atoms with van der Waals surface area (Å²) in [4.78, 5) is 16.2. The van der Waals surface area contributed by atoms with Crippen molar-refractivity contribution in [3.8, 4) is 0 Å². The van der Waals surface area contributed by atoms with Crippen LogP contribution in [0, 0.1) is 0 Å². The van der Waals surface area contributed by atoms with Crippen molar-refractivity contribution < 1.29 is 4.79 Å². The van der Waals surface area contributed by atoms with Gasteiger partial charge < -0.3 is 15.1 Å². The molecule has 1 aliphatic rings. The van der Waals surface area contributed by atoms with Gasteiger partial charge in [0.1, 0.15) is 0 Å². The molecule has 0 aromatic heterocycles. The summed E-state index contributed by atoms with van der Waals surface area (Å²) < 4.78 is 0. The lowest BCUT2D eigenvalue weighted by atomic mass is 10.00. The van der Waals surface area contributed by atoms with E-state index in [2.05, 4.69) is 38.0 Å². The Hall–Kier alpha value is -0.610. The van der Waals surface area contributed by atoms with Crippen LogP contribution in [0.25, 0.3) is 0 Å². The van der Waals surface area contributed by atoms with Crippen molar-refractivity contribution >= 4 is 5.91 Å². The van der Waals surface area contributed by atoms with Gasteiger partial charge in [-0.15, -0.1) is 0 Å². The molecule has 0 saturated carbocycles. The Labute approximate surface area is 105 Å². The maximum atomic E-state index is 12.0. The Morgan fingerprint density at radius 2 is 1.94 bits per heavy atom. The van der Waals surface area contributed by atoms with Crippen LogP contribution in [0.1, 0.15) is 33.6 Å². The van der Waals surface area contributed by atoms with Gasteiger partial charge in [0.05, 0.1) is 0 Å². The minimum atomic E-state index is 0.184. The van der Waals surface area contributed by atoms with Crippen LogP contribution in [0.2, 0.25) is 0 Å². The van der Waals surface area contributed by atoms with E-state index in [9.17, 15) is 4.79 Å². The van der Waals surface area contributed by atoms with E-state index in [-0.39, 0.29) is 5.54 Å². The normalized spacial score (nSPS) is 17.6. The molecule has 1 heterocycles. The molecule has 0 radical (unpaired) electrons. The van der Waals surface area contributed by atoms with Gasteiger partial charge in [-0.3, -0.25) is 4.79 Å². The van der Waals surface area contributed by atoms with Gasteiger partial charge in [-0.25, -0.2) is 0 Å². The molecule has 0 aromatic rings. The molecule has 1 N–H and O–H groups in total. The smallest absolute Gasteiger partial charge is 0.223 e. The third kappa shape index (κ3) is 4.28. The average Bonchev–Trinajstić information content (AvgIpc) is 2.36. The van der Waals surface area contributed by atoms with Gasteiger partial charge in [0.15, 0.2) is 0 Å². The fourth-order valence-electron chi connectivity index (χ4n) is 1.91. The molecular formula is C13H27N3O. The molecule has 1 fully saturated rings. The van der Waals surface area contributed by atoms with Gasteiger partial charge in [-0.2, -0.15) is 0 Å². The lowest BCUT2D eigenvalue weighted by Crippen LogP contribution is -2.48. The van der Waals surface area contributed by atoms with Crippen molar-refractivity contribution in [2.45, 2.75) is 39.2 Å². The quantitative estimate of drug-likeness (QED) is 0.778. The largest absolute Gasteiger partial charge is 0.340 e. The second-order valence-corrected chi connectivity index (χ2v) is 5.47. The number of nitrogens with zero attached hydrogens (tertiary/aromatic N) is 2. The zero-order valence-electron chi connectivity index (χ0n) is 11.8. The molecule has 4 nitrogen and oxygen atoms in total. The fraction of sp³-hybridized carbons (Fsp3) is 0.923. The molecular weight excluding hydrogens is 214 g/mol. The monoisotopic (exact) mass is 241 g/mol. The van der Waals surface area contributed by atoms with Crippen LogP contribution in [0.3, 0.4) is 0 Å². The average molecular weight is 241 g/mol. The van der Waals surface area contributed by atoms with Crippen molar-refractivity contribution in [2.75, 3.05) is 39.8 Å². The SMILES string of the molecule is CCC(C)(C)N(C)CCC(=O)N1CCNCC1. The van der Waals surface area contributed by atoms with Gasteiger partial charge >= 0.3 is 0 Å². The Morgan fingerprint density at radius 1 is 1.35 bits per heavy atom. The van der Waals surface area contributed by atoms with Gasteiger partial charge in [0.25, 0.3) is 0 Å². The molecule has 1 rings (SSSR count). The zero-order valence-corrected chi connectivity index (χ0v) is 11.8. The van der Waals surface area contributed by atoms with Crippen LogP contribution in [0.4, 0.5) is 0 Å². The molecule has 17 heavy (non-hydrogen) atoms. The van der Waals surface area contributed by atoms with Gasteiger partial charge in [0, 0.05) is 44.7 Å². The third-order valence-electron chi connectivity index (χ3n) is 4.03. The topological polar surface area (TPSA) is 35.6 Å². The minimum Gasteiger partial charge on any atom is -0.340 e. The lowest BCUT2D eigenvalue weighted by Gasteiger charge is -2.35. The molecule has 1 saturated heterocycles. The van der Waals surface area contributed by atoms with Crippen LogP contribution < -0.4 is 5.32 Å². The molecule has 1 aliphatic heterocycles. The van der Waals surface area contributed by atoms with E-state index in [1.54, 1.807) is 0 Å². The van der Waals surface area contributed by atoms with E-state index >= 15 is 0 Å². The van der Waals surface area contributed by atoms with E-state index < -0.39 is 0 Å². The first-order valence-corrected chi connectivity index (χ1v) is 6.67. The molecule has 1 amide bonds.